The van der Waals surface area contributed by atoms with Crippen LogP contribution in [0.1, 0.15) is 12.7 Å². The lowest BCUT2D eigenvalue weighted by Crippen LogP contribution is -2.10. The molecule has 0 aliphatic carbocycles. The Morgan fingerprint density at radius 2 is 2.22 bits per heavy atom. The summed E-state index contributed by atoms with van der Waals surface area (Å²) >= 11 is 0. The standard InChI is InChI=1S/C9H14N8O/c1-3-18-9-14-7(10)13-8(15-9)11-4-6-12-5-17(2)16-6/h5H,3-4H2,1-2H3,(H3,10,11,13,14,15). The van der Waals surface area contributed by atoms with Crippen LogP contribution in [0.25, 0.3) is 0 Å². The van der Waals surface area contributed by atoms with Gasteiger partial charge in [0.1, 0.15) is 6.33 Å². The second-order valence-electron chi connectivity index (χ2n) is 3.42. The van der Waals surface area contributed by atoms with Crippen LogP contribution >= 0.6 is 0 Å². The quantitative estimate of drug-likeness (QED) is 0.735. The number of nitrogen functional groups attached to an aromatic ring is 1. The summed E-state index contributed by atoms with van der Waals surface area (Å²) in [5.74, 6) is 1.07. The van der Waals surface area contributed by atoms with Crippen LogP contribution in [0, 0.1) is 0 Å². The topological polar surface area (TPSA) is 117 Å². The van der Waals surface area contributed by atoms with E-state index in [1.54, 1.807) is 18.1 Å². The van der Waals surface area contributed by atoms with Gasteiger partial charge in [0.05, 0.1) is 13.2 Å². The van der Waals surface area contributed by atoms with Crippen molar-refractivity contribution in [1.82, 2.24) is 29.7 Å². The average molecular weight is 250 g/mol. The Morgan fingerprint density at radius 3 is 2.89 bits per heavy atom. The van der Waals surface area contributed by atoms with E-state index in [2.05, 4.69) is 30.4 Å². The molecule has 0 radical (unpaired) electrons. The molecule has 0 spiro atoms. The summed E-state index contributed by atoms with van der Waals surface area (Å²) < 4.78 is 6.78. The Bertz CT molecular complexity index is 525. The number of rotatable bonds is 5. The molecule has 2 rings (SSSR count). The molecular formula is C9H14N8O. The fourth-order valence-electron chi connectivity index (χ4n) is 1.27. The third-order valence-corrected chi connectivity index (χ3v) is 1.96. The van der Waals surface area contributed by atoms with Crippen molar-refractivity contribution in [1.29, 1.82) is 0 Å². The van der Waals surface area contributed by atoms with E-state index >= 15 is 0 Å². The third-order valence-electron chi connectivity index (χ3n) is 1.96. The summed E-state index contributed by atoms with van der Waals surface area (Å²) in [7, 11) is 1.80. The van der Waals surface area contributed by atoms with Gasteiger partial charge in [-0.1, -0.05) is 0 Å². The molecule has 0 unspecified atom stereocenters. The second kappa shape index (κ2) is 5.25. The minimum absolute atomic E-state index is 0.102. The average Bonchev–Trinajstić information content (AvgIpc) is 2.72. The van der Waals surface area contributed by atoms with Gasteiger partial charge in [0.15, 0.2) is 5.82 Å². The zero-order chi connectivity index (χ0) is 13.0. The molecule has 3 N–H and O–H groups in total. The van der Waals surface area contributed by atoms with Crippen molar-refractivity contribution >= 4 is 11.9 Å². The fourth-order valence-corrected chi connectivity index (χ4v) is 1.27. The lowest BCUT2D eigenvalue weighted by Gasteiger charge is -2.05. The maximum atomic E-state index is 5.55. The lowest BCUT2D eigenvalue weighted by atomic mass is 10.6. The normalized spacial score (nSPS) is 10.3. The van der Waals surface area contributed by atoms with Crippen molar-refractivity contribution in [2.45, 2.75) is 13.5 Å². The highest BCUT2D eigenvalue weighted by Gasteiger charge is 2.06. The highest BCUT2D eigenvalue weighted by atomic mass is 16.5. The largest absolute Gasteiger partial charge is 0.464 e. The monoisotopic (exact) mass is 250 g/mol. The Hall–Kier alpha value is -2.45. The van der Waals surface area contributed by atoms with Crippen molar-refractivity contribution in [3.63, 3.8) is 0 Å². The van der Waals surface area contributed by atoms with Gasteiger partial charge in [0.2, 0.25) is 11.9 Å². The number of nitrogens with zero attached hydrogens (tertiary/aromatic N) is 6. The maximum Gasteiger partial charge on any atom is 0.323 e. The van der Waals surface area contributed by atoms with Crippen LogP contribution in [0.3, 0.4) is 0 Å². The first-order valence-electron chi connectivity index (χ1n) is 5.40. The summed E-state index contributed by atoms with van der Waals surface area (Å²) in [6, 6.07) is 0.196. The first-order valence-corrected chi connectivity index (χ1v) is 5.40. The molecule has 0 aliphatic heterocycles. The number of nitrogens with two attached hydrogens (primary N) is 1. The van der Waals surface area contributed by atoms with E-state index in [0.717, 1.165) is 0 Å². The van der Waals surface area contributed by atoms with Gasteiger partial charge < -0.3 is 15.8 Å². The summed E-state index contributed by atoms with van der Waals surface area (Å²) in [5.41, 5.74) is 5.55. The predicted octanol–water partition coefficient (Wildman–Crippen LogP) is -0.407. The van der Waals surface area contributed by atoms with E-state index in [1.807, 2.05) is 6.92 Å². The Balaban J connectivity index is 2.04. The first-order chi connectivity index (χ1) is 8.67. The molecule has 0 aliphatic rings. The molecule has 0 fully saturated rings. The lowest BCUT2D eigenvalue weighted by molar-refractivity contribution is 0.312. The molecule has 0 bridgehead atoms. The number of aromatic nitrogens is 6. The molecule has 9 heteroatoms. The zero-order valence-corrected chi connectivity index (χ0v) is 10.2. The van der Waals surface area contributed by atoms with Crippen LogP contribution < -0.4 is 15.8 Å². The summed E-state index contributed by atoms with van der Waals surface area (Å²) in [6.45, 7) is 2.70. The Morgan fingerprint density at radius 1 is 1.39 bits per heavy atom. The highest BCUT2D eigenvalue weighted by molar-refractivity contribution is 5.32. The number of hydrogen-bond donors (Lipinski definition) is 2. The Kier molecular flexibility index (Phi) is 3.51. The molecule has 2 heterocycles. The zero-order valence-electron chi connectivity index (χ0n) is 10.2. The minimum atomic E-state index is 0.102. The maximum absolute atomic E-state index is 5.55. The van der Waals surface area contributed by atoms with Gasteiger partial charge in [-0.15, -0.1) is 0 Å². The van der Waals surface area contributed by atoms with Crippen LogP contribution in [0.15, 0.2) is 6.33 Å². The molecule has 0 saturated heterocycles. The number of hydrogen-bond acceptors (Lipinski definition) is 8. The highest BCUT2D eigenvalue weighted by Crippen LogP contribution is 2.09. The van der Waals surface area contributed by atoms with E-state index in [9.17, 15) is 0 Å². The molecule has 0 amide bonds. The molecule has 96 valence electrons. The molecule has 0 aromatic carbocycles. The predicted molar refractivity (Wildman–Crippen MR) is 63.7 cm³/mol. The van der Waals surface area contributed by atoms with E-state index in [4.69, 9.17) is 10.5 Å². The molecule has 18 heavy (non-hydrogen) atoms. The van der Waals surface area contributed by atoms with Crippen LogP contribution in [-0.2, 0) is 13.6 Å². The second-order valence-corrected chi connectivity index (χ2v) is 3.42. The summed E-state index contributed by atoms with van der Waals surface area (Å²) in [5, 5.41) is 7.07. The first kappa shape index (κ1) is 12.0. The van der Waals surface area contributed by atoms with Crippen LogP contribution in [-0.4, -0.2) is 36.3 Å². The summed E-state index contributed by atoms with van der Waals surface area (Å²) in [4.78, 5) is 15.9. The van der Waals surface area contributed by atoms with E-state index < -0.39 is 0 Å². The number of aryl methyl sites for hydroxylation is 1. The Labute approximate surface area is 103 Å². The van der Waals surface area contributed by atoms with Crippen LogP contribution in [0.2, 0.25) is 0 Å². The van der Waals surface area contributed by atoms with Gasteiger partial charge >= 0.3 is 6.01 Å². The molecular weight excluding hydrogens is 236 g/mol. The van der Waals surface area contributed by atoms with Crippen molar-refractivity contribution in [3.8, 4) is 6.01 Å². The van der Waals surface area contributed by atoms with Crippen molar-refractivity contribution in [2.24, 2.45) is 7.05 Å². The van der Waals surface area contributed by atoms with Crippen LogP contribution in [0.5, 0.6) is 6.01 Å². The number of anilines is 2. The number of nitrogens with one attached hydrogen (secondary N) is 1. The van der Waals surface area contributed by atoms with Gasteiger partial charge in [-0.25, -0.2) is 4.98 Å². The van der Waals surface area contributed by atoms with Gasteiger partial charge in [0.25, 0.3) is 0 Å². The molecule has 0 saturated carbocycles. The van der Waals surface area contributed by atoms with E-state index in [1.165, 1.54) is 0 Å². The van der Waals surface area contributed by atoms with Crippen molar-refractivity contribution < 1.29 is 4.74 Å². The van der Waals surface area contributed by atoms with Crippen molar-refractivity contribution in [2.75, 3.05) is 17.7 Å². The molecule has 0 atom stereocenters. The van der Waals surface area contributed by atoms with E-state index in [0.29, 0.717) is 24.9 Å². The van der Waals surface area contributed by atoms with Gasteiger partial charge in [-0.2, -0.15) is 20.1 Å². The van der Waals surface area contributed by atoms with Crippen molar-refractivity contribution in [3.05, 3.63) is 12.2 Å². The smallest absolute Gasteiger partial charge is 0.323 e. The number of ether oxygens (including phenoxy) is 1. The fraction of sp³-hybridized carbons (Fsp3) is 0.444. The minimum Gasteiger partial charge on any atom is -0.464 e. The van der Waals surface area contributed by atoms with E-state index in [-0.39, 0.29) is 12.0 Å². The SMILES string of the molecule is CCOc1nc(N)nc(NCc2ncn(C)n2)n1. The van der Waals surface area contributed by atoms with Gasteiger partial charge in [-0.05, 0) is 6.92 Å². The van der Waals surface area contributed by atoms with Gasteiger partial charge in [0, 0.05) is 7.05 Å². The third kappa shape index (κ3) is 3.03. The molecule has 2 aromatic heterocycles. The molecule has 9 nitrogen and oxygen atoms in total. The van der Waals surface area contributed by atoms with Gasteiger partial charge in [-0.3, -0.25) is 4.68 Å². The summed E-state index contributed by atoms with van der Waals surface area (Å²) in [6.07, 6.45) is 1.62. The van der Waals surface area contributed by atoms with Crippen LogP contribution in [0.4, 0.5) is 11.9 Å². The molecule has 2 aromatic rings.